The molecule has 0 amide bonds. The van der Waals surface area contributed by atoms with Gasteiger partial charge in [0.15, 0.2) is 0 Å². The molecule has 0 aliphatic heterocycles. The van der Waals surface area contributed by atoms with E-state index in [1.54, 1.807) is 13.8 Å². The minimum Gasteiger partial charge on any atom is -0.396 e. The van der Waals surface area contributed by atoms with Crippen LogP contribution in [0.2, 0.25) is 0 Å². The highest BCUT2D eigenvalue weighted by molar-refractivity contribution is 4.50. The molecule has 3 unspecified atom stereocenters. The second-order valence-electron chi connectivity index (χ2n) is 3.76. The lowest BCUT2D eigenvalue weighted by Gasteiger charge is -2.03. The molecule has 8 N–H and O–H groups in total. The van der Waals surface area contributed by atoms with Crippen LogP contribution in [-0.2, 0) is 0 Å². The predicted octanol–water partition coefficient (Wildman–Crippen LogP) is -2.56. The second kappa shape index (κ2) is 27.1. The fourth-order valence-corrected chi connectivity index (χ4v) is 0.0707. The molecule has 0 bridgehead atoms. The van der Waals surface area contributed by atoms with Crippen molar-refractivity contribution in [3.05, 3.63) is 0 Å². The van der Waals surface area contributed by atoms with Gasteiger partial charge in [-0.15, -0.1) is 0 Å². The molecule has 8 nitrogen and oxygen atoms in total. The predicted molar refractivity (Wildman–Crippen MR) is 75.1 cm³/mol. The molecular formula is C12H32O8. The third-order valence-electron chi connectivity index (χ3n) is 1.38. The van der Waals surface area contributed by atoms with Gasteiger partial charge in [-0.05, 0) is 27.2 Å². The third kappa shape index (κ3) is 65.3. The zero-order valence-electron chi connectivity index (χ0n) is 12.6. The summed E-state index contributed by atoms with van der Waals surface area (Å²) >= 11 is 0. The second-order valence-corrected chi connectivity index (χ2v) is 3.76. The van der Waals surface area contributed by atoms with Crippen molar-refractivity contribution in [2.24, 2.45) is 0 Å². The summed E-state index contributed by atoms with van der Waals surface area (Å²) in [5.74, 6) is 0. The van der Waals surface area contributed by atoms with E-state index < -0.39 is 18.3 Å². The highest BCUT2D eigenvalue weighted by Crippen LogP contribution is 1.85. The summed E-state index contributed by atoms with van der Waals surface area (Å²) in [6, 6.07) is 0. The first kappa shape index (κ1) is 27.9. The molecule has 8 heteroatoms. The molecule has 0 aromatic carbocycles. The summed E-state index contributed by atoms with van der Waals surface area (Å²) in [5, 5.41) is 63.8. The molecule has 0 rings (SSSR count). The standard InChI is InChI=1S/C4H10O2.2C3H8O2.C2H6O2/c1-3(5)4(2)6;1-3(5)2-4;4-2-1-3-5;3-1-2-4/h3-6H,1-2H3;3-5H,2H2,1H3;4-5H,1-3H2;3-4H,1-2H2. The first-order chi connectivity index (χ1) is 9.24. The van der Waals surface area contributed by atoms with Gasteiger partial charge in [-0.2, -0.15) is 0 Å². The van der Waals surface area contributed by atoms with E-state index in [0.29, 0.717) is 6.42 Å². The van der Waals surface area contributed by atoms with E-state index in [2.05, 4.69) is 0 Å². The van der Waals surface area contributed by atoms with Crippen LogP contribution in [0.4, 0.5) is 0 Å². The van der Waals surface area contributed by atoms with Gasteiger partial charge in [0.05, 0.1) is 38.1 Å². The lowest BCUT2D eigenvalue weighted by Crippen LogP contribution is -2.17. The Morgan fingerprint density at radius 2 is 0.850 bits per heavy atom. The lowest BCUT2D eigenvalue weighted by molar-refractivity contribution is 0.0438. The Labute approximate surface area is 120 Å². The number of aliphatic hydroxyl groups excluding tert-OH is 8. The molecule has 0 fully saturated rings. The maximum absolute atomic E-state index is 8.38. The topological polar surface area (TPSA) is 162 Å². The maximum Gasteiger partial charge on any atom is 0.0768 e. The minimum atomic E-state index is -0.593. The first-order valence-corrected chi connectivity index (χ1v) is 6.33. The monoisotopic (exact) mass is 304 g/mol. The molecule has 0 aliphatic rings. The van der Waals surface area contributed by atoms with Gasteiger partial charge < -0.3 is 40.9 Å². The van der Waals surface area contributed by atoms with E-state index in [4.69, 9.17) is 40.9 Å². The smallest absolute Gasteiger partial charge is 0.0768 e. The van der Waals surface area contributed by atoms with E-state index in [9.17, 15) is 0 Å². The number of hydrogen-bond donors (Lipinski definition) is 8. The highest BCUT2D eigenvalue weighted by Gasteiger charge is 1.99. The molecule has 0 aliphatic carbocycles. The summed E-state index contributed by atoms with van der Waals surface area (Å²) in [4.78, 5) is 0. The molecule has 20 heavy (non-hydrogen) atoms. The van der Waals surface area contributed by atoms with E-state index >= 15 is 0 Å². The van der Waals surface area contributed by atoms with Gasteiger partial charge in [0.2, 0.25) is 0 Å². The van der Waals surface area contributed by atoms with Gasteiger partial charge in [-0.25, -0.2) is 0 Å². The Kier molecular flexibility index (Phi) is 37.8. The number of rotatable bonds is 5. The van der Waals surface area contributed by atoms with Crippen LogP contribution in [0.5, 0.6) is 0 Å². The third-order valence-corrected chi connectivity index (χ3v) is 1.38. The zero-order valence-corrected chi connectivity index (χ0v) is 12.6. The normalized spacial score (nSPS) is 13.3. The van der Waals surface area contributed by atoms with Crippen LogP contribution in [0.3, 0.4) is 0 Å². The average Bonchev–Trinajstić information content (AvgIpc) is 2.41. The largest absolute Gasteiger partial charge is 0.396 e. The lowest BCUT2D eigenvalue weighted by atomic mass is 10.3. The Morgan fingerprint density at radius 1 is 0.600 bits per heavy atom. The van der Waals surface area contributed by atoms with Crippen LogP contribution >= 0.6 is 0 Å². The average molecular weight is 304 g/mol. The van der Waals surface area contributed by atoms with E-state index in [1.165, 1.54) is 6.92 Å². The van der Waals surface area contributed by atoms with E-state index in [-0.39, 0.29) is 33.0 Å². The molecule has 0 saturated carbocycles. The van der Waals surface area contributed by atoms with Crippen LogP contribution in [-0.4, -0.2) is 92.2 Å². The van der Waals surface area contributed by atoms with Crippen molar-refractivity contribution in [2.75, 3.05) is 33.0 Å². The zero-order chi connectivity index (χ0) is 17.0. The summed E-state index contributed by atoms with van der Waals surface area (Å²) in [6.45, 7) is 4.42. The van der Waals surface area contributed by atoms with Crippen molar-refractivity contribution in [2.45, 2.75) is 45.5 Å². The molecule has 0 saturated heterocycles. The minimum absolute atomic E-state index is 0.0938. The Hall–Kier alpha value is -0.320. The Balaban J connectivity index is -0.0000000862. The maximum atomic E-state index is 8.38. The van der Waals surface area contributed by atoms with Crippen LogP contribution < -0.4 is 0 Å². The molecule has 0 spiro atoms. The summed E-state index contributed by atoms with van der Waals surface area (Å²) < 4.78 is 0. The Morgan fingerprint density at radius 3 is 0.850 bits per heavy atom. The molecule has 128 valence electrons. The van der Waals surface area contributed by atoms with Crippen LogP contribution in [0.1, 0.15) is 27.2 Å². The van der Waals surface area contributed by atoms with Gasteiger partial charge >= 0.3 is 0 Å². The van der Waals surface area contributed by atoms with Gasteiger partial charge in [0.1, 0.15) is 0 Å². The molecule has 0 heterocycles. The molecule has 0 radical (unpaired) electrons. The van der Waals surface area contributed by atoms with Crippen LogP contribution in [0.25, 0.3) is 0 Å². The van der Waals surface area contributed by atoms with Gasteiger partial charge in [-0.3, -0.25) is 0 Å². The summed E-state index contributed by atoms with van der Waals surface area (Å²) in [7, 11) is 0. The SMILES string of the molecule is CC(O)C(C)O.CC(O)CO.OCCCO.OCCO. The molecule has 0 aromatic heterocycles. The van der Waals surface area contributed by atoms with Crippen molar-refractivity contribution in [1.29, 1.82) is 0 Å². The van der Waals surface area contributed by atoms with Crippen molar-refractivity contribution >= 4 is 0 Å². The quantitative estimate of drug-likeness (QED) is 0.275. The van der Waals surface area contributed by atoms with E-state index in [0.717, 1.165) is 0 Å². The fraction of sp³-hybridized carbons (Fsp3) is 1.00. The summed E-state index contributed by atoms with van der Waals surface area (Å²) in [6.07, 6.45) is -1.25. The van der Waals surface area contributed by atoms with Crippen molar-refractivity contribution < 1.29 is 40.9 Å². The molecular weight excluding hydrogens is 272 g/mol. The van der Waals surface area contributed by atoms with Gasteiger partial charge in [0.25, 0.3) is 0 Å². The fourth-order valence-electron chi connectivity index (χ4n) is 0.0707. The van der Waals surface area contributed by atoms with Crippen molar-refractivity contribution in [3.8, 4) is 0 Å². The Bertz CT molecular complexity index is 121. The van der Waals surface area contributed by atoms with Gasteiger partial charge in [-0.1, -0.05) is 0 Å². The molecule has 3 atom stereocenters. The summed E-state index contributed by atoms with van der Waals surface area (Å²) in [5.41, 5.74) is 0. The van der Waals surface area contributed by atoms with Crippen molar-refractivity contribution in [3.63, 3.8) is 0 Å². The van der Waals surface area contributed by atoms with Crippen LogP contribution in [0.15, 0.2) is 0 Å². The van der Waals surface area contributed by atoms with Crippen molar-refractivity contribution in [1.82, 2.24) is 0 Å². The first-order valence-electron chi connectivity index (χ1n) is 6.33. The number of hydrogen-bond acceptors (Lipinski definition) is 8. The van der Waals surface area contributed by atoms with E-state index in [1.807, 2.05) is 0 Å². The molecule has 0 aromatic rings. The highest BCUT2D eigenvalue weighted by atomic mass is 16.3. The van der Waals surface area contributed by atoms with Gasteiger partial charge in [0, 0.05) is 13.2 Å². The number of aliphatic hydroxyl groups is 8. The van der Waals surface area contributed by atoms with Crippen LogP contribution in [0, 0.1) is 0 Å².